The minimum Gasteiger partial charge on any atom is -0.494 e. The van der Waals surface area contributed by atoms with Crippen molar-refractivity contribution < 1.29 is 18.3 Å². The fourth-order valence-electron chi connectivity index (χ4n) is 3.56. The quantitative estimate of drug-likeness (QED) is 0.453. The van der Waals surface area contributed by atoms with E-state index in [2.05, 4.69) is 10.4 Å². The molecule has 8 heteroatoms. The average molecular weight is 435 g/mol. The maximum absolute atomic E-state index is 13.2. The van der Waals surface area contributed by atoms with Crippen molar-refractivity contribution in [2.24, 2.45) is 0 Å². The summed E-state index contributed by atoms with van der Waals surface area (Å²) in [5.41, 5.74) is 2.65. The molecule has 164 valence electrons. The Morgan fingerprint density at radius 2 is 1.91 bits per heavy atom. The highest BCUT2D eigenvalue weighted by molar-refractivity contribution is 6.12. The lowest BCUT2D eigenvalue weighted by Gasteiger charge is -2.10. The van der Waals surface area contributed by atoms with Gasteiger partial charge in [0.05, 0.1) is 35.8 Å². The van der Waals surface area contributed by atoms with Crippen LogP contribution in [0.5, 0.6) is 5.75 Å². The molecule has 0 unspecified atom stereocenters. The van der Waals surface area contributed by atoms with E-state index >= 15 is 0 Å². The van der Waals surface area contributed by atoms with Gasteiger partial charge >= 0.3 is 5.63 Å². The first kappa shape index (κ1) is 21.3. The van der Waals surface area contributed by atoms with Gasteiger partial charge in [-0.05, 0) is 50.6 Å². The first-order valence-electron chi connectivity index (χ1n) is 10.2. The zero-order valence-electron chi connectivity index (χ0n) is 17.9. The lowest BCUT2D eigenvalue weighted by Crippen LogP contribution is -2.16. The van der Waals surface area contributed by atoms with Crippen molar-refractivity contribution in [1.82, 2.24) is 9.78 Å². The van der Waals surface area contributed by atoms with Gasteiger partial charge in [0.2, 0.25) is 0 Å². The van der Waals surface area contributed by atoms with E-state index in [0.29, 0.717) is 35.7 Å². The Balaban J connectivity index is 1.64. The summed E-state index contributed by atoms with van der Waals surface area (Å²) < 4.78 is 25.6. The number of carbonyl (C=O) groups excluding carboxylic acids is 1. The molecule has 2 aromatic carbocycles. The Morgan fingerprint density at radius 3 is 2.62 bits per heavy atom. The molecular formula is C24H22FN3O4. The van der Waals surface area contributed by atoms with Crippen LogP contribution >= 0.6 is 0 Å². The zero-order valence-corrected chi connectivity index (χ0v) is 17.9. The lowest BCUT2D eigenvalue weighted by atomic mass is 10.1. The summed E-state index contributed by atoms with van der Waals surface area (Å²) in [5, 5.41) is 7.87. The molecule has 0 aliphatic rings. The predicted molar refractivity (Wildman–Crippen MR) is 119 cm³/mol. The molecule has 0 atom stereocenters. The van der Waals surface area contributed by atoms with Crippen molar-refractivity contribution in [3.8, 4) is 5.75 Å². The molecule has 0 radical (unpaired) electrons. The number of nitrogens with one attached hydrogen (secondary N) is 1. The Morgan fingerprint density at radius 1 is 1.16 bits per heavy atom. The molecule has 0 fully saturated rings. The first-order chi connectivity index (χ1) is 15.4. The number of nitrogens with zero attached hydrogens (tertiary/aromatic N) is 2. The predicted octanol–water partition coefficient (Wildman–Crippen LogP) is 4.44. The van der Waals surface area contributed by atoms with E-state index in [-0.39, 0.29) is 17.0 Å². The molecule has 0 spiro atoms. The van der Waals surface area contributed by atoms with Crippen LogP contribution < -0.4 is 15.7 Å². The molecule has 7 nitrogen and oxygen atoms in total. The molecule has 4 aromatic rings. The van der Waals surface area contributed by atoms with Crippen LogP contribution in [0.25, 0.3) is 11.0 Å². The number of benzene rings is 2. The van der Waals surface area contributed by atoms with E-state index in [0.717, 1.165) is 11.3 Å². The normalized spacial score (nSPS) is 11.0. The number of amides is 1. The summed E-state index contributed by atoms with van der Waals surface area (Å²) >= 11 is 0. The molecule has 0 aliphatic carbocycles. The molecule has 0 aliphatic heterocycles. The molecule has 32 heavy (non-hydrogen) atoms. The van der Waals surface area contributed by atoms with Crippen LogP contribution in [0.2, 0.25) is 0 Å². The Hall–Kier alpha value is -3.94. The second-order valence-corrected chi connectivity index (χ2v) is 7.35. The average Bonchev–Trinajstić information content (AvgIpc) is 3.02. The van der Waals surface area contributed by atoms with Gasteiger partial charge in [0, 0.05) is 17.5 Å². The number of rotatable bonds is 6. The topological polar surface area (TPSA) is 86.4 Å². The fourth-order valence-corrected chi connectivity index (χ4v) is 3.56. The van der Waals surface area contributed by atoms with E-state index in [9.17, 15) is 14.0 Å². The molecular weight excluding hydrogens is 413 g/mol. The SMILES string of the molecule is CCOc1ccc2c(C(=O)Nc3c(C)nn(Cc4ccc(F)cc4)c3C)cc(=O)oc2c1. The van der Waals surface area contributed by atoms with Crippen LogP contribution in [0.4, 0.5) is 10.1 Å². The second-order valence-electron chi connectivity index (χ2n) is 7.35. The van der Waals surface area contributed by atoms with Gasteiger partial charge in [-0.15, -0.1) is 0 Å². The first-order valence-corrected chi connectivity index (χ1v) is 10.2. The molecule has 0 saturated carbocycles. The van der Waals surface area contributed by atoms with Crippen molar-refractivity contribution >= 4 is 22.6 Å². The minimum absolute atomic E-state index is 0.199. The second kappa shape index (κ2) is 8.66. The summed E-state index contributed by atoms with van der Waals surface area (Å²) in [6.07, 6.45) is 0. The third-order valence-electron chi connectivity index (χ3n) is 5.14. The van der Waals surface area contributed by atoms with Crippen molar-refractivity contribution in [2.45, 2.75) is 27.3 Å². The number of ether oxygens (including phenoxy) is 1. The smallest absolute Gasteiger partial charge is 0.337 e. The Labute approximate surface area is 183 Å². The van der Waals surface area contributed by atoms with Crippen LogP contribution in [0.3, 0.4) is 0 Å². The molecule has 1 amide bonds. The van der Waals surface area contributed by atoms with Gasteiger partial charge in [-0.3, -0.25) is 9.48 Å². The van der Waals surface area contributed by atoms with Gasteiger partial charge in [0.25, 0.3) is 5.91 Å². The molecule has 0 bridgehead atoms. The number of aryl methyl sites for hydroxylation is 1. The minimum atomic E-state index is -0.628. The van der Waals surface area contributed by atoms with E-state index in [1.807, 2.05) is 13.8 Å². The molecule has 1 N–H and O–H groups in total. The molecule has 0 saturated heterocycles. The largest absolute Gasteiger partial charge is 0.494 e. The van der Waals surface area contributed by atoms with Crippen molar-refractivity contribution in [2.75, 3.05) is 11.9 Å². The summed E-state index contributed by atoms with van der Waals surface area (Å²) in [7, 11) is 0. The van der Waals surface area contributed by atoms with Crippen LogP contribution in [0.15, 0.2) is 57.7 Å². The monoisotopic (exact) mass is 435 g/mol. The fraction of sp³-hybridized carbons (Fsp3) is 0.208. The van der Waals surface area contributed by atoms with Crippen LogP contribution in [0.1, 0.15) is 34.2 Å². The standard InChI is InChI=1S/C24H22FN3O4/c1-4-31-18-9-10-19-20(12-22(29)32-21(19)11-18)24(30)26-23-14(2)27-28(15(23)3)13-16-5-7-17(25)8-6-16/h5-12H,4,13H2,1-3H3,(H,26,30). The summed E-state index contributed by atoms with van der Waals surface area (Å²) in [6, 6.07) is 12.3. The summed E-state index contributed by atoms with van der Waals surface area (Å²) in [4.78, 5) is 25.2. The van der Waals surface area contributed by atoms with E-state index in [1.165, 1.54) is 18.2 Å². The van der Waals surface area contributed by atoms with Gasteiger partial charge < -0.3 is 14.5 Å². The third kappa shape index (κ3) is 4.25. The van der Waals surface area contributed by atoms with Gasteiger partial charge in [-0.25, -0.2) is 9.18 Å². The van der Waals surface area contributed by atoms with Crippen LogP contribution in [0, 0.1) is 19.7 Å². The number of carbonyl (C=O) groups is 1. The van der Waals surface area contributed by atoms with Gasteiger partial charge in [-0.2, -0.15) is 5.10 Å². The van der Waals surface area contributed by atoms with Crippen molar-refractivity contribution in [1.29, 1.82) is 0 Å². The van der Waals surface area contributed by atoms with E-state index < -0.39 is 11.5 Å². The third-order valence-corrected chi connectivity index (χ3v) is 5.14. The summed E-state index contributed by atoms with van der Waals surface area (Å²) in [6.45, 7) is 6.38. The maximum atomic E-state index is 13.2. The summed E-state index contributed by atoms with van der Waals surface area (Å²) in [5.74, 6) is -0.197. The van der Waals surface area contributed by atoms with Gasteiger partial charge in [0.15, 0.2) is 0 Å². The molecule has 2 aromatic heterocycles. The number of halogens is 1. The van der Waals surface area contributed by atoms with Gasteiger partial charge in [-0.1, -0.05) is 12.1 Å². The van der Waals surface area contributed by atoms with Crippen LogP contribution in [-0.2, 0) is 6.54 Å². The van der Waals surface area contributed by atoms with Crippen molar-refractivity contribution in [3.63, 3.8) is 0 Å². The Bertz CT molecular complexity index is 1360. The number of hydrogen-bond donors (Lipinski definition) is 1. The van der Waals surface area contributed by atoms with Crippen molar-refractivity contribution in [3.05, 3.63) is 87.3 Å². The highest BCUT2D eigenvalue weighted by Crippen LogP contribution is 2.25. The zero-order chi connectivity index (χ0) is 22.8. The maximum Gasteiger partial charge on any atom is 0.337 e. The van der Waals surface area contributed by atoms with Crippen LogP contribution in [-0.4, -0.2) is 22.3 Å². The number of anilines is 1. The van der Waals surface area contributed by atoms with E-state index in [1.54, 1.807) is 41.9 Å². The number of aromatic nitrogens is 2. The number of fused-ring (bicyclic) bond motifs is 1. The molecule has 2 heterocycles. The number of hydrogen-bond acceptors (Lipinski definition) is 5. The highest BCUT2D eigenvalue weighted by Gasteiger charge is 2.19. The molecule has 4 rings (SSSR count). The Kier molecular flexibility index (Phi) is 5.77. The van der Waals surface area contributed by atoms with E-state index in [4.69, 9.17) is 9.15 Å². The lowest BCUT2D eigenvalue weighted by molar-refractivity contribution is 0.102. The highest BCUT2D eigenvalue weighted by atomic mass is 19.1. The van der Waals surface area contributed by atoms with Gasteiger partial charge in [0.1, 0.15) is 17.1 Å².